The van der Waals surface area contributed by atoms with E-state index < -0.39 is 5.97 Å². The Balaban J connectivity index is 2.96. The number of hydrogen-bond acceptors (Lipinski definition) is 3. The molecule has 4 nitrogen and oxygen atoms in total. The molecule has 90 valence electrons. The molecule has 1 rings (SSSR count). The van der Waals surface area contributed by atoms with Crippen LogP contribution in [0.2, 0.25) is 0 Å². The molecule has 1 unspecified atom stereocenters. The molecule has 4 heteroatoms. The third-order valence-electron chi connectivity index (χ3n) is 2.76. The second-order valence-corrected chi connectivity index (χ2v) is 3.94. The first kappa shape index (κ1) is 13.0. The van der Waals surface area contributed by atoms with Gasteiger partial charge in [0.25, 0.3) is 0 Å². The van der Waals surface area contributed by atoms with Crippen molar-refractivity contribution in [2.24, 2.45) is 0 Å². The third-order valence-corrected chi connectivity index (χ3v) is 2.76. The molecule has 0 radical (unpaired) electrons. The lowest BCUT2D eigenvalue weighted by Crippen LogP contribution is -2.37. The van der Waals surface area contributed by atoms with Gasteiger partial charge in [0, 0.05) is 11.7 Å². The van der Waals surface area contributed by atoms with Crippen LogP contribution in [-0.4, -0.2) is 23.7 Å². The van der Waals surface area contributed by atoms with Crippen molar-refractivity contribution in [3.8, 4) is 6.07 Å². The van der Waals surface area contributed by atoms with E-state index in [1.807, 2.05) is 24.8 Å². The van der Waals surface area contributed by atoms with Gasteiger partial charge in [-0.05, 0) is 37.6 Å². The number of benzene rings is 1. The van der Waals surface area contributed by atoms with Gasteiger partial charge in [0.1, 0.15) is 6.54 Å². The molecule has 0 saturated carbocycles. The Hall–Kier alpha value is -2.02. The van der Waals surface area contributed by atoms with Crippen molar-refractivity contribution >= 4 is 11.7 Å². The topological polar surface area (TPSA) is 64.3 Å². The zero-order valence-electron chi connectivity index (χ0n) is 10.1. The van der Waals surface area contributed by atoms with Crippen LogP contribution < -0.4 is 4.90 Å². The van der Waals surface area contributed by atoms with Crippen molar-refractivity contribution in [3.63, 3.8) is 0 Å². The van der Waals surface area contributed by atoms with Gasteiger partial charge in [-0.3, -0.25) is 4.79 Å². The van der Waals surface area contributed by atoms with Gasteiger partial charge in [-0.15, -0.1) is 0 Å². The van der Waals surface area contributed by atoms with Gasteiger partial charge in [0.05, 0.1) is 11.6 Å². The fourth-order valence-electron chi connectivity index (χ4n) is 1.60. The van der Waals surface area contributed by atoms with Crippen molar-refractivity contribution in [1.82, 2.24) is 0 Å². The summed E-state index contributed by atoms with van der Waals surface area (Å²) in [6.07, 6.45) is 0.868. The number of anilines is 1. The summed E-state index contributed by atoms with van der Waals surface area (Å²) < 4.78 is 0. The highest BCUT2D eigenvalue weighted by molar-refractivity contribution is 5.74. The Kier molecular flexibility index (Phi) is 4.53. The number of carboxylic acids is 1. The maximum absolute atomic E-state index is 10.8. The molecule has 0 aromatic heterocycles. The molecule has 0 spiro atoms. The summed E-state index contributed by atoms with van der Waals surface area (Å²) in [5, 5.41) is 17.6. The number of carboxylic acid groups (broad SMARTS) is 1. The van der Waals surface area contributed by atoms with E-state index in [1.54, 1.807) is 24.3 Å². The first-order valence-electron chi connectivity index (χ1n) is 5.57. The molecule has 0 saturated heterocycles. The van der Waals surface area contributed by atoms with E-state index in [1.165, 1.54) is 0 Å². The van der Waals surface area contributed by atoms with E-state index in [4.69, 9.17) is 10.4 Å². The van der Waals surface area contributed by atoms with Crippen LogP contribution in [0.1, 0.15) is 25.8 Å². The predicted molar refractivity (Wildman–Crippen MR) is 65.9 cm³/mol. The van der Waals surface area contributed by atoms with Crippen LogP contribution in [-0.2, 0) is 4.79 Å². The summed E-state index contributed by atoms with van der Waals surface area (Å²) in [6, 6.07) is 9.17. The number of hydrogen-bond donors (Lipinski definition) is 1. The zero-order chi connectivity index (χ0) is 12.8. The van der Waals surface area contributed by atoms with Crippen LogP contribution in [0.3, 0.4) is 0 Å². The normalized spacial score (nSPS) is 11.6. The van der Waals surface area contributed by atoms with Crippen molar-refractivity contribution in [2.75, 3.05) is 11.4 Å². The van der Waals surface area contributed by atoms with Crippen molar-refractivity contribution < 1.29 is 9.90 Å². The van der Waals surface area contributed by atoms with E-state index in [9.17, 15) is 4.79 Å². The fourth-order valence-corrected chi connectivity index (χ4v) is 1.60. The number of rotatable bonds is 5. The minimum atomic E-state index is -0.852. The molecule has 0 aliphatic rings. The molecule has 0 amide bonds. The van der Waals surface area contributed by atoms with Crippen LogP contribution in [0.4, 0.5) is 5.69 Å². The Morgan fingerprint density at radius 1 is 1.47 bits per heavy atom. The van der Waals surface area contributed by atoms with Gasteiger partial charge >= 0.3 is 5.97 Å². The largest absolute Gasteiger partial charge is 0.480 e. The van der Waals surface area contributed by atoms with Crippen LogP contribution in [0.5, 0.6) is 0 Å². The van der Waals surface area contributed by atoms with Crippen molar-refractivity contribution in [3.05, 3.63) is 29.8 Å². The van der Waals surface area contributed by atoms with E-state index >= 15 is 0 Å². The summed E-state index contributed by atoms with van der Waals surface area (Å²) in [7, 11) is 0. The zero-order valence-corrected chi connectivity index (χ0v) is 10.1. The maximum Gasteiger partial charge on any atom is 0.323 e. The minimum absolute atomic E-state index is 0.0269. The van der Waals surface area contributed by atoms with Crippen LogP contribution in [0.25, 0.3) is 0 Å². The molecule has 0 fully saturated rings. The molecule has 0 aliphatic carbocycles. The number of nitriles is 1. The van der Waals surface area contributed by atoms with E-state index in [-0.39, 0.29) is 12.6 Å². The summed E-state index contributed by atoms with van der Waals surface area (Å²) in [4.78, 5) is 12.7. The monoisotopic (exact) mass is 232 g/mol. The maximum atomic E-state index is 10.8. The molecule has 1 N–H and O–H groups in total. The smallest absolute Gasteiger partial charge is 0.323 e. The third kappa shape index (κ3) is 3.49. The van der Waals surface area contributed by atoms with E-state index in [0.29, 0.717) is 5.56 Å². The summed E-state index contributed by atoms with van der Waals surface area (Å²) in [5.74, 6) is -0.852. The van der Waals surface area contributed by atoms with Crippen LogP contribution >= 0.6 is 0 Å². The van der Waals surface area contributed by atoms with Crippen molar-refractivity contribution in [1.29, 1.82) is 5.26 Å². The Bertz CT molecular complexity index is 420. The molecule has 17 heavy (non-hydrogen) atoms. The molecule has 0 bridgehead atoms. The van der Waals surface area contributed by atoms with Gasteiger partial charge in [-0.1, -0.05) is 6.92 Å². The van der Waals surface area contributed by atoms with Crippen molar-refractivity contribution in [2.45, 2.75) is 26.3 Å². The number of nitrogens with zero attached hydrogens (tertiary/aromatic N) is 2. The summed E-state index contributed by atoms with van der Waals surface area (Å²) in [5.41, 5.74) is 1.41. The second-order valence-electron chi connectivity index (χ2n) is 3.94. The lowest BCUT2D eigenvalue weighted by atomic mass is 10.1. The van der Waals surface area contributed by atoms with Crippen LogP contribution in [0, 0.1) is 11.3 Å². The first-order chi connectivity index (χ1) is 8.08. The summed E-state index contributed by atoms with van der Waals surface area (Å²) in [6.45, 7) is 3.98. The van der Waals surface area contributed by atoms with Gasteiger partial charge in [0.2, 0.25) is 0 Å². The molecular formula is C13H16N2O2. The molecule has 0 aliphatic heterocycles. The molecule has 1 atom stereocenters. The Labute approximate surface area is 101 Å². The minimum Gasteiger partial charge on any atom is -0.480 e. The van der Waals surface area contributed by atoms with E-state index in [0.717, 1.165) is 12.1 Å². The molecule has 0 heterocycles. The highest BCUT2D eigenvalue weighted by Gasteiger charge is 2.15. The SMILES string of the molecule is CCC(C)N(CC(=O)O)c1ccc(C#N)cc1. The van der Waals surface area contributed by atoms with Crippen LogP contribution in [0.15, 0.2) is 24.3 Å². The highest BCUT2D eigenvalue weighted by Crippen LogP contribution is 2.18. The Morgan fingerprint density at radius 2 is 2.06 bits per heavy atom. The predicted octanol–water partition coefficient (Wildman–Crippen LogP) is 2.25. The lowest BCUT2D eigenvalue weighted by molar-refractivity contribution is -0.135. The number of aliphatic carboxylic acids is 1. The molecule has 1 aromatic carbocycles. The van der Waals surface area contributed by atoms with Gasteiger partial charge in [-0.2, -0.15) is 5.26 Å². The van der Waals surface area contributed by atoms with Gasteiger partial charge in [0.15, 0.2) is 0 Å². The standard InChI is InChI=1S/C13H16N2O2/c1-3-10(2)15(9-13(16)17)12-6-4-11(8-14)5-7-12/h4-7,10H,3,9H2,1-2H3,(H,16,17). The average Bonchev–Trinajstić information content (AvgIpc) is 2.35. The average molecular weight is 232 g/mol. The lowest BCUT2D eigenvalue weighted by Gasteiger charge is -2.29. The fraction of sp³-hybridized carbons (Fsp3) is 0.385. The number of carbonyl (C=O) groups is 1. The van der Waals surface area contributed by atoms with Gasteiger partial charge in [-0.25, -0.2) is 0 Å². The molecule has 1 aromatic rings. The first-order valence-corrected chi connectivity index (χ1v) is 5.57. The summed E-state index contributed by atoms with van der Waals surface area (Å²) >= 11 is 0. The highest BCUT2D eigenvalue weighted by atomic mass is 16.4. The molecular weight excluding hydrogens is 216 g/mol. The Morgan fingerprint density at radius 3 is 2.47 bits per heavy atom. The van der Waals surface area contributed by atoms with Gasteiger partial charge < -0.3 is 10.0 Å². The quantitative estimate of drug-likeness (QED) is 0.845. The second kappa shape index (κ2) is 5.90. The van der Waals surface area contributed by atoms with E-state index in [2.05, 4.69) is 0 Å².